The van der Waals surface area contributed by atoms with Crippen molar-refractivity contribution in [2.75, 3.05) is 0 Å². The average molecular weight is 365 g/mol. The maximum Gasteiger partial charge on any atom is 0.315 e. The molecule has 0 radical (unpaired) electrons. The number of amides is 2. The first-order valence-corrected chi connectivity index (χ1v) is 9.46. The Bertz CT molecular complexity index is 608. The number of halogens is 1. The molecule has 136 valence electrons. The van der Waals surface area contributed by atoms with E-state index in [1.807, 2.05) is 24.3 Å². The number of urea groups is 1. The van der Waals surface area contributed by atoms with Gasteiger partial charge in [-0.3, -0.25) is 4.79 Å². The molecule has 2 aliphatic rings. The van der Waals surface area contributed by atoms with Gasteiger partial charge in [0.2, 0.25) is 0 Å². The SMILES string of the molecule is O=C(NC1CCC(C(=O)O)CC1)NC(c1ccc(Cl)cc1)C1CCC1. The second-order valence-corrected chi connectivity index (χ2v) is 7.66. The van der Waals surface area contributed by atoms with Gasteiger partial charge in [0.1, 0.15) is 0 Å². The molecule has 0 saturated heterocycles. The van der Waals surface area contributed by atoms with Gasteiger partial charge < -0.3 is 15.7 Å². The van der Waals surface area contributed by atoms with Gasteiger partial charge >= 0.3 is 12.0 Å². The highest BCUT2D eigenvalue weighted by Gasteiger charge is 2.31. The Morgan fingerprint density at radius 3 is 2.20 bits per heavy atom. The Kier molecular flexibility index (Phi) is 5.84. The van der Waals surface area contributed by atoms with Crippen LogP contribution in [0.3, 0.4) is 0 Å². The molecular formula is C19H25ClN2O3. The molecule has 2 amide bonds. The van der Waals surface area contributed by atoms with Crippen molar-refractivity contribution in [1.82, 2.24) is 10.6 Å². The summed E-state index contributed by atoms with van der Waals surface area (Å²) in [4.78, 5) is 23.5. The molecule has 0 spiro atoms. The lowest BCUT2D eigenvalue weighted by Crippen LogP contribution is -2.47. The van der Waals surface area contributed by atoms with Crippen LogP contribution in [0.1, 0.15) is 56.6 Å². The number of carbonyl (C=O) groups is 2. The standard InChI is InChI=1S/C19H25ClN2O3/c20-15-8-4-13(5-9-15)17(12-2-1-3-12)22-19(25)21-16-10-6-14(7-11-16)18(23)24/h4-5,8-9,12,14,16-17H,1-3,6-7,10-11H2,(H,23,24)(H2,21,22,25). The Morgan fingerprint density at radius 2 is 1.68 bits per heavy atom. The van der Waals surface area contributed by atoms with Crippen LogP contribution >= 0.6 is 11.6 Å². The molecule has 1 aromatic rings. The average Bonchev–Trinajstić information content (AvgIpc) is 2.54. The number of carboxylic acid groups (broad SMARTS) is 1. The van der Waals surface area contributed by atoms with Gasteiger partial charge in [0.15, 0.2) is 0 Å². The molecule has 5 nitrogen and oxygen atoms in total. The second kappa shape index (κ2) is 8.09. The molecular weight excluding hydrogens is 340 g/mol. The minimum absolute atomic E-state index is 0.00127. The van der Waals surface area contributed by atoms with Crippen molar-refractivity contribution in [1.29, 1.82) is 0 Å². The molecule has 3 N–H and O–H groups in total. The predicted octanol–water partition coefficient (Wildman–Crippen LogP) is 4.12. The van der Waals surface area contributed by atoms with Crippen LogP contribution in [0.2, 0.25) is 5.02 Å². The minimum atomic E-state index is -0.726. The van der Waals surface area contributed by atoms with Gasteiger partial charge in [0, 0.05) is 11.1 Å². The first-order valence-electron chi connectivity index (χ1n) is 9.08. The number of hydrogen-bond donors (Lipinski definition) is 3. The Hall–Kier alpha value is -1.75. The van der Waals surface area contributed by atoms with E-state index < -0.39 is 5.97 Å². The molecule has 0 bridgehead atoms. The molecule has 0 heterocycles. The first kappa shape index (κ1) is 18.1. The monoisotopic (exact) mass is 364 g/mol. The smallest absolute Gasteiger partial charge is 0.315 e. The van der Waals surface area contributed by atoms with Gasteiger partial charge in [-0.1, -0.05) is 30.2 Å². The van der Waals surface area contributed by atoms with Gasteiger partial charge in [-0.25, -0.2) is 4.79 Å². The number of carbonyl (C=O) groups excluding carboxylic acids is 1. The quantitative estimate of drug-likeness (QED) is 0.735. The number of hydrogen-bond acceptors (Lipinski definition) is 2. The Labute approximate surface area is 153 Å². The zero-order valence-corrected chi connectivity index (χ0v) is 15.0. The number of carboxylic acids is 1. The third-order valence-corrected chi connectivity index (χ3v) is 5.80. The maximum atomic E-state index is 12.5. The van der Waals surface area contributed by atoms with E-state index in [-0.39, 0.29) is 24.0 Å². The molecule has 2 aliphatic carbocycles. The van der Waals surface area contributed by atoms with Crippen LogP contribution in [0, 0.1) is 11.8 Å². The molecule has 1 atom stereocenters. The third-order valence-electron chi connectivity index (χ3n) is 5.55. The highest BCUT2D eigenvalue weighted by molar-refractivity contribution is 6.30. The highest BCUT2D eigenvalue weighted by Crippen LogP contribution is 2.38. The van der Waals surface area contributed by atoms with Crippen LogP contribution in [0.4, 0.5) is 4.79 Å². The molecule has 0 aromatic heterocycles. The first-order chi connectivity index (χ1) is 12.0. The summed E-state index contributed by atoms with van der Waals surface area (Å²) in [6, 6.07) is 7.56. The summed E-state index contributed by atoms with van der Waals surface area (Å²) in [5.41, 5.74) is 1.08. The fourth-order valence-corrected chi connectivity index (χ4v) is 3.90. The Balaban J connectivity index is 1.56. The zero-order valence-electron chi connectivity index (χ0n) is 14.2. The number of aliphatic carboxylic acids is 1. The van der Waals surface area contributed by atoms with Crippen molar-refractivity contribution in [2.24, 2.45) is 11.8 Å². The van der Waals surface area contributed by atoms with E-state index in [1.165, 1.54) is 6.42 Å². The van der Waals surface area contributed by atoms with Crippen molar-refractivity contribution >= 4 is 23.6 Å². The van der Waals surface area contributed by atoms with Crippen molar-refractivity contribution in [3.05, 3.63) is 34.9 Å². The molecule has 6 heteroatoms. The summed E-state index contributed by atoms with van der Waals surface area (Å²) in [5.74, 6) is -0.525. The van der Waals surface area contributed by atoms with Crippen LogP contribution < -0.4 is 10.6 Å². The van der Waals surface area contributed by atoms with Gasteiger partial charge in [0.05, 0.1) is 12.0 Å². The second-order valence-electron chi connectivity index (χ2n) is 7.22. The van der Waals surface area contributed by atoms with Crippen LogP contribution in [0.15, 0.2) is 24.3 Å². The Morgan fingerprint density at radius 1 is 1.04 bits per heavy atom. The van der Waals surface area contributed by atoms with Gasteiger partial charge in [0.25, 0.3) is 0 Å². The van der Waals surface area contributed by atoms with Crippen molar-refractivity contribution in [3.8, 4) is 0 Å². The maximum absolute atomic E-state index is 12.5. The lowest BCUT2D eigenvalue weighted by molar-refractivity contribution is -0.142. The van der Waals surface area contributed by atoms with Crippen molar-refractivity contribution in [2.45, 2.75) is 57.0 Å². The zero-order chi connectivity index (χ0) is 17.8. The highest BCUT2D eigenvalue weighted by atomic mass is 35.5. The molecule has 2 saturated carbocycles. The van der Waals surface area contributed by atoms with Crippen LogP contribution in [0.5, 0.6) is 0 Å². The van der Waals surface area contributed by atoms with Crippen LogP contribution in [-0.2, 0) is 4.79 Å². The topological polar surface area (TPSA) is 78.4 Å². The molecule has 25 heavy (non-hydrogen) atoms. The molecule has 2 fully saturated rings. The van der Waals surface area contributed by atoms with Crippen LogP contribution in [-0.4, -0.2) is 23.1 Å². The normalized spacial score (nSPS) is 24.8. The lowest BCUT2D eigenvalue weighted by Gasteiger charge is -2.35. The summed E-state index contributed by atoms with van der Waals surface area (Å²) in [7, 11) is 0. The van der Waals surface area contributed by atoms with E-state index in [1.54, 1.807) is 0 Å². The summed E-state index contributed by atoms with van der Waals surface area (Å²) in [5, 5.41) is 15.9. The molecule has 1 unspecified atom stereocenters. The summed E-state index contributed by atoms with van der Waals surface area (Å²) in [6.07, 6.45) is 6.15. The van der Waals surface area contributed by atoms with E-state index >= 15 is 0 Å². The number of rotatable bonds is 5. The van der Waals surface area contributed by atoms with E-state index in [9.17, 15) is 9.59 Å². The molecule has 1 aromatic carbocycles. The van der Waals surface area contributed by atoms with E-state index in [0.29, 0.717) is 23.8 Å². The summed E-state index contributed by atoms with van der Waals surface area (Å²) < 4.78 is 0. The number of benzene rings is 1. The fraction of sp³-hybridized carbons (Fsp3) is 0.579. The lowest BCUT2D eigenvalue weighted by atomic mass is 9.77. The van der Waals surface area contributed by atoms with Gasteiger partial charge in [-0.15, -0.1) is 0 Å². The van der Waals surface area contributed by atoms with E-state index in [0.717, 1.165) is 31.2 Å². The van der Waals surface area contributed by atoms with E-state index in [4.69, 9.17) is 16.7 Å². The van der Waals surface area contributed by atoms with E-state index in [2.05, 4.69) is 10.6 Å². The number of nitrogens with one attached hydrogen (secondary N) is 2. The van der Waals surface area contributed by atoms with Crippen molar-refractivity contribution < 1.29 is 14.7 Å². The minimum Gasteiger partial charge on any atom is -0.481 e. The third kappa shape index (κ3) is 4.66. The molecule has 0 aliphatic heterocycles. The van der Waals surface area contributed by atoms with Gasteiger partial charge in [-0.2, -0.15) is 0 Å². The fourth-order valence-electron chi connectivity index (χ4n) is 3.77. The largest absolute Gasteiger partial charge is 0.481 e. The van der Waals surface area contributed by atoms with Crippen LogP contribution in [0.25, 0.3) is 0 Å². The van der Waals surface area contributed by atoms with Crippen molar-refractivity contribution in [3.63, 3.8) is 0 Å². The summed E-state index contributed by atoms with van der Waals surface area (Å²) >= 11 is 5.97. The predicted molar refractivity (Wildman–Crippen MR) is 96.6 cm³/mol. The van der Waals surface area contributed by atoms with Gasteiger partial charge in [-0.05, 0) is 62.1 Å². The summed E-state index contributed by atoms with van der Waals surface area (Å²) in [6.45, 7) is 0. The molecule has 3 rings (SSSR count).